The number of benzene rings is 3. The summed E-state index contributed by atoms with van der Waals surface area (Å²) >= 11 is 0. The molecule has 3 fully saturated rings. The normalized spacial score (nSPS) is 16.0. The Balaban J connectivity index is 0.000000217. The van der Waals surface area contributed by atoms with Crippen LogP contribution in [0.4, 0.5) is 0 Å². The Labute approximate surface area is 235 Å². The molecule has 0 unspecified atom stereocenters. The van der Waals surface area contributed by atoms with Crippen LogP contribution in [0.2, 0.25) is 0 Å². The fourth-order valence-electron chi connectivity index (χ4n) is 3.47. The van der Waals surface area contributed by atoms with Crippen LogP contribution in [0, 0.1) is 64.2 Å². The van der Waals surface area contributed by atoms with Crippen molar-refractivity contribution in [1.82, 2.24) is 0 Å². The predicted octanol–water partition coefficient (Wildman–Crippen LogP) is 5.04. The molecule has 1 aliphatic heterocycles. The Morgan fingerprint density at radius 3 is 0.857 bits per heavy atom. The first kappa shape index (κ1) is 29.9. The minimum Gasteiger partial charge on any atom is -0.381 e. The maximum atomic E-state index is 4.94. The Morgan fingerprint density at radius 2 is 0.657 bits per heavy atom. The molecule has 2 aliphatic carbocycles. The molecular weight excluding hydrogens is 473 g/mol. The van der Waals surface area contributed by atoms with Gasteiger partial charge in [-0.3, -0.25) is 0 Å². The van der Waals surface area contributed by atoms with Crippen LogP contribution >= 0.6 is 0 Å². The summed E-state index contributed by atoms with van der Waals surface area (Å²) < 4.78 is 4.94. The van der Waals surface area contributed by atoms with E-state index in [0.717, 1.165) is 13.2 Å². The van der Waals surface area contributed by atoms with E-state index >= 15 is 0 Å². The van der Waals surface area contributed by atoms with Gasteiger partial charge in [-0.2, -0.15) is 0 Å². The first-order chi connectivity index (χ1) is 16.9. The molecule has 35 heavy (non-hydrogen) atoms. The zero-order chi connectivity index (χ0) is 23.5. The van der Waals surface area contributed by atoms with Gasteiger partial charge in [0.15, 0.2) is 8.80 Å². The van der Waals surface area contributed by atoms with E-state index in [2.05, 4.69) is 91.0 Å². The van der Waals surface area contributed by atoms with Crippen molar-refractivity contribution in [3.8, 4) is 0 Å². The molecule has 3 aromatic rings. The van der Waals surface area contributed by atoms with Gasteiger partial charge in [-0.15, -0.1) is 0 Å². The van der Waals surface area contributed by atoms with Gasteiger partial charge in [-0.05, 0) is 77.0 Å². The van der Waals surface area contributed by atoms with Gasteiger partial charge in [-0.25, -0.2) is 0 Å². The van der Waals surface area contributed by atoms with Gasteiger partial charge in [0, 0.05) is 39.1 Å². The summed E-state index contributed by atoms with van der Waals surface area (Å²) in [5.74, 6) is 0. The number of ether oxygens (including phenoxy) is 1. The van der Waals surface area contributed by atoms with Crippen molar-refractivity contribution < 1.29 is 30.6 Å². The number of hydrogen-bond donors (Lipinski definition) is 0. The molecule has 3 aromatic carbocycles. The van der Waals surface area contributed by atoms with Crippen molar-refractivity contribution >= 4 is 24.4 Å². The van der Waals surface area contributed by atoms with Crippen LogP contribution in [-0.2, 0) is 30.6 Å². The van der Waals surface area contributed by atoms with Gasteiger partial charge < -0.3 is 4.74 Å². The average molecular weight is 507 g/mol. The third-order valence-electron chi connectivity index (χ3n) is 5.13. The average Bonchev–Trinajstić information content (AvgIpc) is 3.74. The van der Waals surface area contributed by atoms with E-state index in [0.29, 0.717) is 0 Å². The summed E-state index contributed by atoms with van der Waals surface area (Å²) in [5, 5.41) is 4.31. The Kier molecular flexibility index (Phi) is 17.0. The standard InChI is InChI=1S/C18H15Si.2C5H5.C4H8O.Sc/c1-4-10-16(11-5-1)19(17-12-6-2-7-13-17)18-14-8-3-9-15-18;3*1-2-4-5-3-1;/h1-15H;2*1-5H;1-4H2;. The molecule has 1 heterocycles. The van der Waals surface area contributed by atoms with Gasteiger partial charge in [-0.1, -0.05) is 107 Å². The zero-order valence-corrected chi connectivity index (χ0v) is 23.1. The van der Waals surface area contributed by atoms with Crippen LogP contribution in [0.1, 0.15) is 12.8 Å². The van der Waals surface area contributed by atoms with Crippen molar-refractivity contribution in [2.75, 3.05) is 13.2 Å². The van der Waals surface area contributed by atoms with Crippen molar-refractivity contribution in [3.05, 3.63) is 155 Å². The van der Waals surface area contributed by atoms with Crippen molar-refractivity contribution in [2.24, 2.45) is 0 Å². The van der Waals surface area contributed by atoms with Gasteiger partial charge in [0.2, 0.25) is 0 Å². The molecule has 0 bridgehead atoms. The second-order valence-corrected chi connectivity index (χ2v) is 10.2. The second kappa shape index (κ2) is 19.8. The summed E-state index contributed by atoms with van der Waals surface area (Å²) in [6, 6.07) is 32.5. The van der Waals surface area contributed by atoms with Crippen LogP contribution in [-0.4, -0.2) is 22.0 Å². The molecule has 3 aliphatic rings. The van der Waals surface area contributed by atoms with Crippen molar-refractivity contribution in [3.63, 3.8) is 0 Å². The molecule has 0 amide bonds. The maximum absolute atomic E-state index is 4.94. The SMILES string of the molecule is C1CCOC1.[CH]1[CH][CH][CH][CH]1.[CH]1[CH][CH][CH][CH]1.[Sc].c1ccc([Si](c2ccccc2)c2ccccc2)cc1. The van der Waals surface area contributed by atoms with Crippen LogP contribution < -0.4 is 15.6 Å². The molecule has 1 saturated heterocycles. The van der Waals surface area contributed by atoms with Gasteiger partial charge in [0.25, 0.3) is 0 Å². The first-order valence-corrected chi connectivity index (χ1v) is 13.4. The van der Waals surface area contributed by atoms with Crippen LogP contribution in [0.25, 0.3) is 0 Å². The summed E-state index contributed by atoms with van der Waals surface area (Å²) in [4.78, 5) is 0. The monoisotopic (exact) mass is 506 g/mol. The van der Waals surface area contributed by atoms with E-state index in [4.69, 9.17) is 4.74 Å². The molecule has 12 radical (unpaired) electrons. The summed E-state index contributed by atoms with van der Waals surface area (Å²) in [7, 11) is -0.877. The van der Waals surface area contributed by atoms with Gasteiger partial charge in [0.05, 0.1) is 0 Å². The van der Waals surface area contributed by atoms with Crippen molar-refractivity contribution in [1.29, 1.82) is 0 Å². The van der Waals surface area contributed by atoms with Crippen LogP contribution in [0.5, 0.6) is 0 Å². The minimum atomic E-state index is -0.877. The molecule has 6 rings (SSSR count). The number of hydrogen-bond acceptors (Lipinski definition) is 1. The maximum Gasteiger partial charge on any atom is 0.154 e. The molecule has 2 saturated carbocycles. The summed E-state index contributed by atoms with van der Waals surface area (Å²) in [6.45, 7) is 2.00. The van der Waals surface area contributed by atoms with E-state index in [9.17, 15) is 0 Å². The van der Waals surface area contributed by atoms with E-state index in [1.54, 1.807) is 0 Å². The molecule has 3 heteroatoms. The summed E-state index contributed by atoms with van der Waals surface area (Å²) in [5.41, 5.74) is 0. The molecular formula is C32H33OScSi. The smallest absolute Gasteiger partial charge is 0.154 e. The predicted molar refractivity (Wildman–Crippen MR) is 147 cm³/mol. The molecule has 0 N–H and O–H groups in total. The quantitative estimate of drug-likeness (QED) is 0.357. The van der Waals surface area contributed by atoms with Gasteiger partial charge in [0.1, 0.15) is 0 Å². The molecule has 0 aromatic heterocycles. The van der Waals surface area contributed by atoms with Gasteiger partial charge >= 0.3 is 0 Å². The van der Waals surface area contributed by atoms with Crippen molar-refractivity contribution in [2.45, 2.75) is 12.8 Å². The third-order valence-corrected chi connectivity index (χ3v) is 7.86. The fourth-order valence-corrected chi connectivity index (χ4v) is 6.04. The van der Waals surface area contributed by atoms with Crippen LogP contribution in [0.15, 0.2) is 91.0 Å². The number of rotatable bonds is 3. The van der Waals surface area contributed by atoms with E-state index in [1.807, 2.05) is 64.2 Å². The Morgan fingerprint density at radius 1 is 0.400 bits per heavy atom. The Hall–Kier alpha value is -1.29. The summed E-state index contributed by atoms with van der Waals surface area (Å²) in [6.07, 6.45) is 22.6. The van der Waals surface area contributed by atoms with E-state index < -0.39 is 8.80 Å². The van der Waals surface area contributed by atoms with E-state index in [-0.39, 0.29) is 25.8 Å². The molecule has 0 atom stereocenters. The third kappa shape index (κ3) is 12.5. The molecule has 0 spiro atoms. The first-order valence-electron chi connectivity index (χ1n) is 11.9. The zero-order valence-electron chi connectivity index (χ0n) is 20.2. The largest absolute Gasteiger partial charge is 0.381 e. The van der Waals surface area contributed by atoms with Crippen LogP contribution in [0.3, 0.4) is 0 Å². The fraction of sp³-hybridized carbons (Fsp3) is 0.125. The molecule has 174 valence electrons. The second-order valence-electron chi connectivity index (χ2n) is 7.72. The topological polar surface area (TPSA) is 9.23 Å². The van der Waals surface area contributed by atoms with E-state index in [1.165, 1.54) is 28.4 Å². The minimum absolute atomic E-state index is 0. The Bertz CT molecular complexity index is 704. The molecule has 1 nitrogen and oxygen atoms in total.